The minimum atomic E-state index is -0.354. The number of thiazole rings is 1. The van der Waals surface area contributed by atoms with Crippen LogP contribution in [0.5, 0.6) is 0 Å². The van der Waals surface area contributed by atoms with Crippen LogP contribution >= 0.6 is 11.3 Å². The van der Waals surface area contributed by atoms with Crippen molar-refractivity contribution < 1.29 is 8.78 Å². The van der Waals surface area contributed by atoms with E-state index in [2.05, 4.69) is 15.0 Å². The van der Waals surface area contributed by atoms with Crippen LogP contribution in [0.2, 0.25) is 0 Å². The number of benzene rings is 2. The molecule has 0 aliphatic heterocycles. The monoisotopic (exact) mass is 321 g/mol. The third-order valence-corrected chi connectivity index (χ3v) is 3.71. The zero-order valence-electron chi connectivity index (χ0n) is 10.9. The van der Waals surface area contributed by atoms with E-state index in [1.165, 1.54) is 30.3 Å². The molecule has 2 aromatic carbocycles. The number of H-pyrrole nitrogens is 3. The van der Waals surface area contributed by atoms with Gasteiger partial charge in [-0.05, 0) is 36.4 Å². The molecule has 4 aromatic rings. The Morgan fingerprint density at radius 2 is 1.41 bits per heavy atom. The molecule has 0 saturated heterocycles. The van der Waals surface area contributed by atoms with Gasteiger partial charge < -0.3 is 15.0 Å². The molecular weight excluding hydrogens is 312 g/mol. The number of rotatable bonds is 0. The molecule has 112 valence electrons. The molecule has 0 radical (unpaired) electrons. The number of aromatic amines is 3. The summed E-state index contributed by atoms with van der Waals surface area (Å²) in [5.74, 6) is -0.666. The van der Waals surface area contributed by atoms with Crippen molar-refractivity contribution in [2.75, 3.05) is 0 Å². The lowest BCUT2D eigenvalue weighted by atomic mass is 10.3. The molecule has 2 aromatic heterocycles. The van der Waals surface area contributed by atoms with Crippen LogP contribution < -0.4 is 10.6 Å². The second-order valence-electron chi connectivity index (χ2n) is 4.42. The molecule has 8 heteroatoms. The van der Waals surface area contributed by atoms with E-state index in [0.717, 1.165) is 11.3 Å². The second kappa shape index (κ2) is 5.57. The van der Waals surface area contributed by atoms with Crippen LogP contribution in [0.1, 0.15) is 0 Å². The van der Waals surface area contributed by atoms with Gasteiger partial charge in [0.05, 0.1) is 21.3 Å². The van der Waals surface area contributed by atoms with Gasteiger partial charge in [-0.25, -0.2) is 13.6 Å². The lowest BCUT2D eigenvalue weighted by Crippen LogP contribution is -1.99. The van der Waals surface area contributed by atoms with Crippen molar-refractivity contribution in [3.05, 3.63) is 68.2 Å². The largest absolute Gasteiger partial charge is 0.323 e. The average molecular weight is 321 g/mol. The standard InChI is InChI=1S/C7H5FN2O.C7H4FNOS/c8-4-1-2-5-6(3-4)10-7(11)9-5;8-4-1-2-5-6(3-4)11-7(10)9-5/h1-3H,(H2,9,10,11);1-3H,(H,9,10). The lowest BCUT2D eigenvalue weighted by Gasteiger charge is -1.86. The summed E-state index contributed by atoms with van der Waals surface area (Å²) in [6.07, 6.45) is 0. The highest BCUT2D eigenvalue weighted by Gasteiger charge is 1.99. The number of imidazole rings is 1. The molecule has 0 bridgehead atoms. The van der Waals surface area contributed by atoms with Crippen molar-refractivity contribution in [3.63, 3.8) is 0 Å². The van der Waals surface area contributed by atoms with Crippen LogP contribution in [0.25, 0.3) is 21.3 Å². The van der Waals surface area contributed by atoms with Crippen molar-refractivity contribution in [3.8, 4) is 0 Å². The molecule has 0 spiro atoms. The minimum Gasteiger partial charge on any atom is -0.312 e. The van der Waals surface area contributed by atoms with Gasteiger partial charge in [0.1, 0.15) is 11.6 Å². The SMILES string of the molecule is O=c1[nH]c2ccc(F)cc2[nH]1.O=c1[nH]c2ccc(F)cc2s1. The van der Waals surface area contributed by atoms with Crippen LogP contribution in [0.15, 0.2) is 46.0 Å². The highest BCUT2D eigenvalue weighted by Crippen LogP contribution is 2.14. The Bertz CT molecular complexity index is 975. The van der Waals surface area contributed by atoms with Crippen LogP contribution in [0.4, 0.5) is 8.78 Å². The van der Waals surface area contributed by atoms with Gasteiger partial charge in [-0.1, -0.05) is 11.3 Å². The molecule has 0 aliphatic carbocycles. The van der Waals surface area contributed by atoms with Crippen molar-refractivity contribution in [2.45, 2.75) is 0 Å². The number of nitrogens with one attached hydrogen (secondary N) is 3. The number of hydrogen-bond donors (Lipinski definition) is 3. The molecule has 0 saturated carbocycles. The fourth-order valence-corrected chi connectivity index (χ4v) is 2.69. The number of halogens is 2. The highest BCUT2D eigenvalue weighted by molar-refractivity contribution is 7.16. The summed E-state index contributed by atoms with van der Waals surface area (Å²) in [5.41, 5.74) is 1.50. The molecule has 5 nitrogen and oxygen atoms in total. The summed E-state index contributed by atoms with van der Waals surface area (Å²) in [6, 6.07) is 8.31. The molecule has 4 rings (SSSR count). The molecule has 2 heterocycles. The maximum atomic E-state index is 12.5. The van der Waals surface area contributed by atoms with E-state index in [1.807, 2.05) is 0 Å². The van der Waals surface area contributed by atoms with Crippen molar-refractivity contribution in [1.82, 2.24) is 15.0 Å². The van der Waals surface area contributed by atoms with Crippen molar-refractivity contribution in [2.24, 2.45) is 0 Å². The average Bonchev–Trinajstić information content (AvgIpc) is 2.99. The topological polar surface area (TPSA) is 81.5 Å². The van der Waals surface area contributed by atoms with E-state index < -0.39 is 0 Å². The molecule has 0 atom stereocenters. The van der Waals surface area contributed by atoms with Gasteiger partial charge in [-0.2, -0.15) is 0 Å². The van der Waals surface area contributed by atoms with Crippen LogP contribution in [-0.4, -0.2) is 15.0 Å². The maximum Gasteiger partial charge on any atom is 0.323 e. The number of hydrogen-bond acceptors (Lipinski definition) is 3. The molecule has 3 N–H and O–H groups in total. The summed E-state index contributed by atoms with van der Waals surface area (Å²) in [4.78, 5) is 28.8. The van der Waals surface area contributed by atoms with Gasteiger partial charge >= 0.3 is 10.6 Å². The molecule has 0 unspecified atom stereocenters. The quantitative estimate of drug-likeness (QED) is 0.465. The van der Waals surface area contributed by atoms with Gasteiger partial charge in [0.25, 0.3) is 0 Å². The fourth-order valence-electron chi connectivity index (χ4n) is 1.92. The van der Waals surface area contributed by atoms with E-state index in [1.54, 1.807) is 6.07 Å². The zero-order valence-corrected chi connectivity index (χ0v) is 11.8. The first-order chi connectivity index (χ1) is 10.5. The molecule has 22 heavy (non-hydrogen) atoms. The molecule has 0 fully saturated rings. The van der Waals surface area contributed by atoms with Gasteiger partial charge in [-0.15, -0.1) is 0 Å². The fraction of sp³-hybridized carbons (Fsp3) is 0. The van der Waals surface area contributed by atoms with Gasteiger partial charge in [-0.3, -0.25) is 4.79 Å². The Balaban J connectivity index is 0.000000131. The minimum absolute atomic E-state index is 0.148. The van der Waals surface area contributed by atoms with Crippen LogP contribution in [0.3, 0.4) is 0 Å². The van der Waals surface area contributed by atoms with Gasteiger partial charge in [0.15, 0.2) is 0 Å². The van der Waals surface area contributed by atoms with Crippen molar-refractivity contribution in [1.29, 1.82) is 0 Å². The third-order valence-electron chi connectivity index (χ3n) is 2.86. The molecule has 0 amide bonds. The summed E-state index contributed by atoms with van der Waals surface area (Å²) >= 11 is 1.02. The normalized spacial score (nSPS) is 10.6. The van der Waals surface area contributed by atoms with Gasteiger partial charge in [0.2, 0.25) is 0 Å². The van der Waals surface area contributed by atoms with E-state index in [-0.39, 0.29) is 22.2 Å². The lowest BCUT2D eigenvalue weighted by molar-refractivity contribution is 0.629. The Morgan fingerprint density at radius 1 is 0.773 bits per heavy atom. The Hall–Kier alpha value is -2.74. The van der Waals surface area contributed by atoms with Crippen LogP contribution in [0, 0.1) is 11.6 Å². The first kappa shape index (κ1) is 14.2. The smallest absolute Gasteiger partial charge is 0.312 e. The van der Waals surface area contributed by atoms with E-state index in [0.29, 0.717) is 21.3 Å². The maximum absolute atomic E-state index is 12.5. The van der Waals surface area contributed by atoms with E-state index >= 15 is 0 Å². The predicted octanol–water partition coefficient (Wildman–Crippen LogP) is 2.72. The third kappa shape index (κ3) is 2.96. The Kier molecular flexibility index (Phi) is 3.60. The highest BCUT2D eigenvalue weighted by atomic mass is 32.1. The second-order valence-corrected chi connectivity index (χ2v) is 5.44. The van der Waals surface area contributed by atoms with E-state index in [9.17, 15) is 18.4 Å². The molecular formula is C14H9F2N3O2S. The van der Waals surface area contributed by atoms with Crippen molar-refractivity contribution >= 4 is 32.6 Å². The zero-order chi connectivity index (χ0) is 15.7. The van der Waals surface area contributed by atoms with Crippen LogP contribution in [-0.2, 0) is 0 Å². The Morgan fingerprint density at radius 3 is 2.18 bits per heavy atom. The summed E-state index contributed by atoms with van der Waals surface area (Å²) in [7, 11) is 0. The summed E-state index contributed by atoms with van der Waals surface area (Å²) < 4.78 is 25.7. The number of fused-ring (bicyclic) bond motifs is 2. The Labute approximate surface area is 125 Å². The predicted molar refractivity (Wildman–Crippen MR) is 81.3 cm³/mol. The summed E-state index contributed by atoms with van der Waals surface area (Å²) in [6.45, 7) is 0. The first-order valence-corrected chi connectivity index (χ1v) is 6.99. The van der Waals surface area contributed by atoms with E-state index in [4.69, 9.17) is 0 Å². The molecule has 0 aliphatic rings. The first-order valence-electron chi connectivity index (χ1n) is 6.17. The number of aromatic nitrogens is 3. The van der Waals surface area contributed by atoms with Gasteiger partial charge in [0, 0.05) is 0 Å². The summed E-state index contributed by atoms with van der Waals surface area (Å²) in [5, 5.41) is 0.